The molecule has 3 rings (SSSR count). The maximum absolute atomic E-state index is 12.2. The van der Waals surface area contributed by atoms with Crippen molar-refractivity contribution in [1.29, 1.82) is 0 Å². The zero-order valence-corrected chi connectivity index (χ0v) is 15.7. The number of carbonyl (C=O) groups excluding carboxylic acids is 2. The Labute approximate surface area is 158 Å². The molecule has 1 aromatic heterocycles. The van der Waals surface area contributed by atoms with Crippen molar-refractivity contribution in [3.63, 3.8) is 0 Å². The molecular formula is C20H25N3O4. The van der Waals surface area contributed by atoms with Gasteiger partial charge in [-0.1, -0.05) is 18.2 Å². The van der Waals surface area contributed by atoms with Crippen molar-refractivity contribution in [3.8, 4) is 0 Å². The van der Waals surface area contributed by atoms with E-state index in [4.69, 9.17) is 9.47 Å². The number of para-hydroxylation sites is 1. The highest BCUT2D eigenvalue weighted by Crippen LogP contribution is 2.47. The van der Waals surface area contributed by atoms with E-state index in [1.54, 1.807) is 6.20 Å². The number of nitrogens with one attached hydrogen (secondary N) is 2. The van der Waals surface area contributed by atoms with Crippen LogP contribution in [0.1, 0.15) is 26.7 Å². The number of hydrogen-bond acceptors (Lipinski definition) is 6. The Kier molecular flexibility index (Phi) is 5.91. The lowest BCUT2D eigenvalue weighted by molar-refractivity contribution is -0.149. The maximum atomic E-state index is 12.2. The van der Waals surface area contributed by atoms with Gasteiger partial charge in [0, 0.05) is 18.5 Å². The largest absolute Gasteiger partial charge is 0.466 e. The Bertz CT molecular complexity index is 833. The van der Waals surface area contributed by atoms with Crippen LogP contribution in [0.5, 0.6) is 0 Å². The number of nitrogens with zero attached hydrogens (tertiary/aromatic N) is 1. The van der Waals surface area contributed by atoms with Gasteiger partial charge >= 0.3 is 5.97 Å². The zero-order chi connectivity index (χ0) is 19.3. The Balaban J connectivity index is 1.84. The van der Waals surface area contributed by atoms with Crippen molar-refractivity contribution < 1.29 is 19.1 Å². The third-order valence-electron chi connectivity index (χ3n) is 4.65. The summed E-state index contributed by atoms with van der Waals surface area (Å²) < 4.78 is 10.4. The van der Waals surface area contributed by atoms with Crippen molar-refractivity contribution in [2.45, 2.75) is 26.7 Å². The summed E-state index contributed by atoms with van der Waals surface area (Å²) in [7, 11) is 0. The highest BCUT2D eigenvalue weighted by atomic mass is 16.5. The first kappa shape index (κ1) is 19.1. The molecule has 1 fully saturated rings. The topological polar surface area (TPSA) is 89.5 Å². The van der Waals surface area contributed by atoms with Crippen molar-refractivity contribution >= 4 is 34.2 Å². The van der Waals surface area contributed by atoms with Crippen LogP contribution in [-0.2, 0) is 19.1 Å². The molecule has 1 aliphatic carbocycles. The van der Waals surface area contributed by atoms with E-state index in [-0.39, 0.29) is 18.5 Å². The molecule has 0 aliphatic heterocycles. The third-order valence-corrected chi connectivity index (χ3v) is 4.65. The van der Waals surface area contributed by atoms with Crippen LogP contribution in [0.15, 0.2) is 30.5 Å². The molecule has 1 aliphatic rings. The van der Waals surface area contributed by atoms with Gasteiger partial charge in [-0.15, -0.1) is 0 Å². The van der Waals surface area contributed by atoms with Crippen molar-refractivity contribution in [2.24, 2.45) is 5.41 Å². The molecule has 0 saturated heterocycles. The predicted octanol–water partition coefficient (Wildman–Crippen LogP) is 2.97. The molecule has 27 heavy (non-hydrogen) atoms. The molecule has 7 heteroatoms. The second-order valence-electron chi connectivity index (χ2n) is 6.60. The van der Waals surface area contributed by atoms with E-state index in [0.29, 0.717) is 25.4 Å². The Morgan fingerprint density at radius 2 is 1.96 bits per heavy atom. The molecule has 0 radical (unpaired) electrons. The molecule has 7 nitrogen and oxygen atoms in total. The minimum atomic E-state index is -0.479. The molecule has 2 N–H and O–H groups in total. The van der Waals surface area contributed by atoms with E-state index in [9.17, 15) is 9.59 Å². The van der Waals surface area contributed by atoms with Crippen LogP contribution in [0.3, 0.4) is 0 Å². The van der Waals surface area contributed by atoms with E-state index in [0.717, 1.165) is 29.4 Å². The first-order valence-corrected chi connectivity index (χ1v) is 9.26. The number of amides is 1. The second kappa shape index (κ2) is 8.35. The van der Waals surface area contributed by atoms with Gasteiger partial charge in [0.1, 0.15) is 6.61 Å². The fourth-order valence-corrected chi connectivity index (χ4v) is 2.95. The predicted molar refractivity (Wildman–Crippen MR) is 104 cm³/mol. The lowest BCUT2D eigenvalue weighted by atomic mass is 10.1. The fraction of sp³-hybridized carbons (Fsp3) is 0.450. The highest BCUT2D eigenvalue weighted by Gasteiger charge is 2.51. The number of aromatic nitrogens is 1. The summed E-state index contributed by atoms with van der Waals surface area (Å²) >= 11 is 0. The molecule has 144 valence electrons. The van der Waals surface area contributed by atoms with Crippen LogP contribution < -0.4 is 10.6 Å². The molecule has 2 aromatic rings. The number of fused-ring (bicyclic) bond motifs is 1. The van der Waals surface area contributed by atoms with Crippen LogP contribution in [0.2, 0.25) is 0 Å². The highest BCUT2D eigenvalue weighted by molar-refractivity contribution is 6.03. The summed E-state index contributed by atoms with van der Waals surface area (Å²) in [6, 6.07) is 7.67. The molecule has 1 saturated carbocycles. The molecule has 1 heterocycles. The van der Waals surface area contributed by atoms with E-state index in [1.807, 2.05) is 38.1 Å². The van der Waals surface area contributed by atoms with Crippen molar-refractivity contribution in [3.05, 3.63) is 30.5 Å². The molecule has 0 atom stereocenters. The Hall–Kier alpha value is -2.67. The van der Waals surface area contributed by atoms with Gasteiger partial charge in [0.25, 0.3) is 0 Å². The number of esters is 1. The smallest absolute Gasteiger partial charge is 0.313 e. The normalized spacial score (nSPS) is 14.6. The van der Waals surface area contributed by atoms with Gasteiger partial charge in [-0.2, -0.15) is 0 Å². The average molecular weight is 371 g/mol. The monoisotopic (exact) mass is 371 g/mol. The van der Waals surface area contributed by atoms with Crippen LogP contribution in [-0.4, -0.2) is 43.2 Å². The summed E-state index contributed by atoms with van der Waals surface area (Å²) in [6.07, 6.45) is 3.22. The van der Waals surface area contributed by atoms with Gasteiger partial charge < -0.3 is 20.1 Å². The standard InChI is InChI=1S/C20H25N3O4/c1-3-26-12-17(24)23-16-11-21-15-8-6-5-7-14(15)18(16)22-13-20(9-10-20)19(25)27-4-2/h5-8,11H,3-4,9-10,12-13H2,1-2H3,(H,21,22)(H,23,24). The van der Waals surface area contributed by atoms with Crippen LogP contribution >= 0.6 is 0 Å². The number of rotatable bonds is 9. The van der Waals surface area contributed by atoms with Gasteiger partial charge in [0.15, 0.2) is 0 Å². The van der Waals surface area contributed by atoms with Gasteiger partial charge in [-0.3, -0.25) is 14.6 Å². The summed E-state index contributed by atoms with van der Waals surface area (Å²) in [5, 5.41) is 7.09. The first-order chi connectivity index (χ1) is 13.1. The molecule has 1 aromatic carbocycles. The number of ether oxygens (including phenoxy) is 2. The van der Waals surface area contributed by atoms with Crippen molar-refractivity contribution in [1.82, 2.24) is 4.98 Å². The fourth-order valence-electron chi connectivity index (χ4n) is 2.95. The average Bonchev–Trinajstić information content (AvgIpc) is 3.47. The van der Waals surface area contributed by atoms with Crippen LogP contribution in [0.4, 0.5) is 11.4 Å². The quantitative estimate of drug-likeness (QED) is 0.659. The SMILES string of the molecule is CCOCC(=O)Nc1cnc2ccccc2c1NCC1(C(=O)OCC)CC1. The van der Waals surface area contributed by atoms with Gasteiger partial charge in [-0.25, -0.2) is 0 Å². The molecular weight excluding hydrogens is 346 g/mol. The Morgan fingerprint density at radius 3 is 2.67 bits per heavy atom. The van der Waals surface area contributed by atoms with E-state index < -0.39 is 5.41 Å². The number of hydrogen-bond donors (Lipinski definition) is 2. The lowest BCUT2D eigenvalue weighted by Gasteiger charge is -2.19. The summed E-state index contributed by atoms with van der Waals surface area (Å²) in [5.41, 5.74) is 1.65. The third kappa shape index (κ3) is 4.36. The van der Waals surface area contributed by atoms with Gasteiger partial charge in [-0.05, 0) is 32.8 Å². The number of benzene rings is 1. The minimum Gasteiger partial charge on any atom is -0.466 e. The summed E-state index contributed by atoms with van der Waals surface area (Å²) in [5.74, 6) is -0.415. The maximum Gasteiger partial charge on any atom is 0.313 e. The van der Waals surface area contributed by atoms with Gasteiger partial charge in [0.05, 0.1) is 35.1 Å². The second-order valence-corrected chi connectivity index (χ2v) is 6.60. The van der Waals surface area contributed by atoms with Crippen LogP contribution in [0.25, 0.3) is 10.9 Å². The molecule has 0 bridgehead atoms. The minimum absolute atomic E-state index is 0.0183. The van der Waals surface area contributed by atoms with Gasteiger partial charge in [0.2, 0.25) is 5.91 Å². The number of pyridine rings is 1. The summed E-state index contributed by atoms with van der Waals surface area (Å²) in [6.45, 7) is 4.92. The number of carbonyl (C=O) groups is 2. The first-order valence-electron chi connectivity index (χ1n) is 9.26. The van der Waals surface area contributed by atoms with Crippen molar-refractivity contribution in [2.75, 3.05) is 37.0 Å². The van der Waals surface area contributed by atoms with E-state index in [1.165, 1.54) is 0 Å². The van der Waals surface area contributed by atoms with E-state index >= 15 is 0 Å². The molecule has 0 unspecified atom stereocenters. The zero-order valence-electron chi connectivity index (χ0n) is 15.7. The van der Waals surface area contributed by atoms with Crippen LogP contribution in [0, 0.1) is 5.41 Å². The molecule has 0 spiro atoms. The van der Waals surface area contributed by atoms with E-state index in [2.05, 4.69) is 15.6 Å². The number of anilines is 2. The molecule has 1 amide bonds. The summed E-state index contributed by atoms with van der Waals surface area (Å²) in [4.78, 5) is 28.7. The lowest BCUT2D eigenvalue weighted by Crippen LogP contribution is -2.27. The Morgan fingerprint density at radius 1 is 1.19 bits per heavy atom.